The summed E-state index contributed by atoms with van der Waals surface area (Å²) in [7, 11) is 0. The lowest BCUT2D eigenvalue weighted by Gasteiger charge is -2.06. The summed E-state index contributed by atoms with van der Waals surface area (Å²) in [5, 5.41) is 6.35. The van der Waals surface area contributed by atoms with Crippen molar-refractivity contribution in [3.63, 3.8) is 0 Å². The molecule has 0 aliphatic heterocycles. The predicted octanol–water partition coefficient (Wildman–Crippen LogP) is 3.88. The fraction of sp³-hybridized carbons (Fsp3) is 0.0870. The van der Waals surface area contributed by atoms with Gasteiger partial charge in [0.1, 0.15) is 24.6 Å². The lowest BCUT2D eigenvalue weighted by Crippen LogP contribution is -2.24. The van der Waals surface area contributed by atoms with Gasteiger partial charge in [-0.15, -0.1) is 0 Å². The Labute approximate surface area is 173 Å². The number of hydrogen-bond acceptors (Lipinski definition) is 4. The number of amides is 2. The number of hydrogen-bond donors (Lipinski definition) is 2. The maximum Gasteiger partial charge on any atom is 0.249 e. The number of hydrazone groups is 1. The van der Waals surface area contributed by atoms with Crippen LogP contribution in [0, 0.1) is 5.82 Å². The fourth-order valence-corrected chi connectivity index (χ4v) is 2.49. The third kappa shape index (κ3) is 6.87. The van der Waals surface area contributed by atoms with E-state index in [1.54, 1.807) is 12.1 Å². The maximum absolute atomic E-state index is 12.8. The molecule has 0 heterocycles. The van der Waals surface area contributed by atoms with Crippen molar-refractivity contribution in [2.75, 3.05) is 5.32 Å². The van der Waals surface area contributed by atoms with Gasteiger partial charge in [0.25, 0.3) is 0 Å². The first-order chi connectivity index (χ1) is 14.6. The van der Waals surface area contributed by atoms with Crippen molar-refractivity contribution in [1.82, 2.24) is 5.43 Å². The minimum atomic E-state index is -0.561. The van der Waals surface area contributed by atoms with Crippen LogP contribution in [0.4, 0.5) is 10.1 Å². The van der Waals surface area contributed by atoms with Crippen molar-refractivity contribution >= 4 is 23.7 Å². The first-order valence-corrected chi connectivity index (χ1v) is 9.22. The van der Waals surface area contributed by atoms with Gasteiger partial charge in [-0.05, 0) is 59.7 Å². The zero-order chi connectivity index (χ0) is 21.2. The summed E-state index contributed by atoms with van der Waals surface area (Å²) in [6.07, 6.45) is 1.07. The van der Waals surface area contributed by atoms with Gasteiger partial charge in [0.15, 0.2) is 0 Å². The normalized spacial score (nSPS) is 10.6. The van der Waals surface area contributed by atoms with Crippen molar-refractivity contribution in [3.05, 3.63) is 95.8 Å². The summed E-state index contributed by atoms with van der Waals surface area (Å²) in [5.41, 5.74) is 4.55. The van der Waals surface area contributed by atoms with Crippen LogP contribution in [0.25, 0.3) is 0 Å². The van der Waals surface area contributed by atoms with Gasteiger partial charge >= 0.3 is 0 Å². The average molecular weight is 405 g/mol. The third-order valence-electron chi connectivity index (χ3n) is 3.98. The zero-order valence-corrected chi connectivity index (χ0v) is 16.0. The molecule has 0 atom stereocenters. The van der Waals surface area contributed by atoms with Crippen LogP contribution in [0.15, 0.2) is 84.0 Å². The highest BCUT2D eigenvalue weighted by Crippen LogP contribution is 2.13. The van der Waals surface area contributed by atoms with Gasteiger partial charge in [0.05, 0.1) is 6.21 Å². The second-order valence-electron chi connectivity index (χ2n) is 6.37. The molecule has 0 aliphatic rings. The van der Waals surface area contributed by atoms with Gasteiger partial charge in [-0.25, -0.2) is 9.82 Å². The van der Waals surface area contributed by atoms with Crippen molar-refractivity contribution in [1.29, 1.82) is 0 Å². The van der Waals surface area contributed by atoms with E-state index in [4.69, 9.17) is 4.74 Å². The van der Waals surface area contributed by atoms with Gasteiger partial charge in [0.2, 0.25) is 11.8 Å². The molecule has 152 valence electrons. The number of rotatable bonds is 8. The number of nitrogens with one attached hydrogen (secondary N) is 2. The third-order valence-corrected chi connectivity index (χ3v) is 3.98. The molecule has 0 saturated carbocycles. The largest absolute Gasteiger partial charge is 0.489 e. The minimum absolute atomic E-state index is 0.402. The first-order valence-electron chi connectivity index (χ1n) is 9.22. The molecule has 0 bridgehead atoms. The molecular weight excluding hydrogens is 385 g/mol. The highest BCUT2D eigenvalue weighted by Gasteiger charge is 2.09. The number of benzene rings is 3. The first kappa shape index (κ1) is 20.7. The highest BCUT2D eigenvalue weighted by molar-refractivity contribution is 6.03. The molecule has 0 fully saturated rings. The van der Waals surface area contributed by atoms with E-state index in [0.717, 1.165) is 16.9 Å². The van der Waals surface area contributed by atoms with Crippen LogP contribution in [-0.2, 0) is 16.2 Å². The molecule has 0 unspecified atom stereocenters. The van der Waals surface area contributed by atoms with Crippen molar-refractivity contribution in [2.24, 2.45) is 5.10 Å². The second-order valence-corrected chi connectivity index (χ2v) is 6.37. The summed E-state index contributed by atoms with van der Waals surface area (Å²) in [6.45, 7) is 0.477. The number of ether oxygens (including phenoxy) is 1. The van der Waals surface area contributed by atoms with Crippen molar-refractivity contribution in [2.45, 2.75) is 13.0 Å². The highest BCUT2D eigenvalue weighted by atomic mass is 19.1. The molecule has 6 nitrogen and oxygen atoms in total. The fourth-order valence-electron chi connectivity index (χ4n) is 2.49. The maximum atomic E-state index is 12.8. The van der Waals surface area contributed by atoms with Gasteiger partial charge in [-0.2, -0.15) is 5.10 Å². The van der Waals surface area contributed by atoms with Crippen LogP contribution in [-0.4, -0.2) is 18.0 Å². The Morgan fingerprint density at radius 2 is 1.60 bits per heavy atom. The molecule has 0 radical (unpaired) electrons. The van der Waals surface area contributed by atoms with E-state index in [1.165, 1.54) is 30.5 Å². The molecule has 3 aromatic carbocycles. The van der Waals surface area contributed by atoms with E-state index >= 15 is 0 Å². The molecule has 30 heavy (non-hydrogen) atoms. The standard InChI is InChI=1S/C23H20FN3O3/c24-19-8-10-20(11-9-19)26-22(28)14-23(29)27-25-15-17-6-12-21(13-7-17)30-16-18-4-2-1-3-5-18/h1-13,15H,14,16H2,(H,26,28)(H,27,29). The Morgan fingerprint density at radius 3 is 2.30 bits per heavy atom. The van der Waals surface area contributed by atoms with Crippen LogP contribution in [0.3, 0.4) is 0 Å². The average Bonchev–Trinajstić information content (AvgIpc) is 2.75. The van der Waals surface area contributed by atoms with Gasteiger partial charge in [-0.1, -0.05) is 30.3 Å². The number of halogens is 1. The van der Waals surface area contributed by atoms with Gasteiger partial charge in [0, 0.05) is 5.69 Å². The number of anilines is 1. The molecule has 0 aliphatic carbocycles. The molecule has 0 saturated heterocycles. The van der Waals surface area contributed by atoms with Gasteiger partial charge in [-0.3, -0.25) is 9.59 Å². The van der Waals surface area contributed by atoms with Crippen molar-refractivity contribution in [3.8, 4) is 5.75 Å². The molecule has 2 N–H and O–H groups in total. The smallest absolute Gasteiger partial charge is 0.249 e. The second kappa shape index (κ2) is 10.5. The molecule has 2 amide bonds. The summed E-state index contributed by atoms with van der Waals surface area (Å²) < 4.78 is 18.6. The Balaban J connectivity index is 1.41. The Bertz CT molecular complexity index is 1000. The molecular formula is C23H20FN3O3. The summed E-state index contributed by atoms with van der Waals surface area (Å²) >= 11 is 0. The van der Waals surface area contributed by atoms with E-state index in [0.29, 0.717) is 12.3 Å². The summed E-state index contributed by atoms with van der Waals surface area (Å²) in [4.78, 5) is 23.6. The van der Waals surface area contributed by atoms with E-state index in [2.05, 4.69) is 15.8 Å². The van der Waals surface area contributed by atoms with Crippen molar-refractivity contribution < 1.29 is 18.7 Å². The predicted molar refractivity (Wildman–Crippen MR) is 113 cm³/mol. The molecule has 0 aromatic heterocycles. The topological polar surface area (TPSA) is 79.8 Å². The van der Waals surface area contributed by atoms with Crippen LogP contribution in [0.2, 0.25) is 0 Å². The van der Waals surface area contributed by atoms with Crippen LogP contribution >= 0.6 is 0 Å². The van der Waals surface area contributed by atoms with Gasteiger partial charge < -0.3 is 10.1 Å². The number of carbonyl (C=O) groups is 2. The zero-order valence-electron chi connectivity index (χ0n) is 16.0. The Hall–Kier alpha value is -4.00. The number of nitrogens with zero attached hydrogens (tertiary/aromatic N) is 1. The summed E-state index contributed by atoms with van der Waals surface area (Å²) in [5.74, 6) is -0.767. The lowest BCUT2D eigenvalue weighted by molar-refractivity contribution is -0.126. The lowest BCUT2D eigenvalue weighted by atomic mass is 10.2. The van der Waals surface area contributed by atoms with Crippen LogP contribution in [0.1, 0.15) is 17.5 Å². The van der Waals surface area contributed by atoms with E-state index in [-0.39, 0.29) is 0 Å². The van der Waals surface area contributed by atoms with E-state index < -0.39 is 24.1 Å². The molecule has 0 spiro atoms. The van der Waals surface area contributed by atoms with E-state index in [9.17, 15) is 14.0 Å². The van der Waals surface area contributed by atoms with E-state index in [1.807, 2.05) is 42.5 Å². The minimum Gasteiger partial charge on any atom is -0.489 e. The Morgan fingerprint density at radius 1 is 0.900 bits per heavy atom. The number of carbonyl (C=O) groups excluding carboxylic acids is 2. The monoisotopic (exact) mass is 405 g/mol. The SMILES string of the molecule is O=C(CC(=O)Nc1ccc(F)cc1)NN=Cc1ccc(OCc2ccccc2)cc1. The van der Waals surface area contributed by atoms with Crippen LogP contribution < -0.4 is 15.5 Å². The summed E-state index contributed by atoms with van der Waals surface area (Å²) in [6, 6.07) is 22.3. The van der Waals surface area contributed by atoms with Crippen LogP contribution in [0.5, 0.6) is 5.75 Å². The Kier molecular flexibility index (Phi) is 7.27. The molecule has 3 aromatic rings. The quantitative estimate of drug-likeness (QED) is 0.339. The molecule has 3 rings (SSSR count). The molecule has 7 heteroatoms.